The molecular formula is C26H20Cl3N3O5S. The van der Waals surface area contributed by atoms with Crippen LogP contribution in [-0.4, -0.2) is 40.5 Å². The molecule has 4 rings (SSSR count). The molecule has 3 aromatic carbocycles. The molecule has 0 saturated carbocycles. The van der Waals surface area contributed by atoms with Gasteiger partial charge in [-0.2, -0.15) is 0 Å². The van der Waals surface area contributed by atoms with Crippen molar-refractivity contribution in [2.24, 2.45) is 0 Å². The van der Waals surface area contributed by atoms with Gasteiger partial charge in [0.1, 0.15) is 28.8 Å². The molecule has 0 unspecified atom stereocenters. The third kappa shape index (κ3) is 6.93. The van der Waals surface area contributed by atoms with E-state index in [1.165, 1.54) is 6.08 Å². The van der Waals surface area contributed by atoms with Crippen LogP contribution in [0.25, 0.3) is 17.5 Å². The predicted octanol–water partition coefficient (Wildman–Crippen LogP) is 7.25. The fourth-order valence-electron chi connectivity index (χ4n) is 3.29. The van der Waals surface area contributed by atoms with E-state index in [0.29, 0.717) is 49.3 Å². The first kappa shape index (κ1) is 27.7. The number of rotatable bonds is 10. The second-order valence-electron chi connectivity index (χ2n) is 7.70. The Labute approximate surface area is 237 Å². The van der Waals surface area contributed by atoms with Crippen LogP contribution in [0.4, 0.5) is 0 Å². The maximum absolute atomic E-state index is 12.1. The van der Waals surface area contributed by atoms with E-state index >= 15 is 0 Å². The zero-order valence-corrected chi connectivity index (χ0v) is 23.1. The van der Waals surface area contributed by atoms with Crippen LogP contribution in [0, 0.1) is 0 Å². The SMILES string of the molecule is COc1cc(OC)cc(-c2nc(S/C(=C\c3cc(Cl)ccc3OCc3ccc(Cl)c(Cl)c3)C(=O)O)n[nH]2)c1. The van der Waals surface area contributed by atoms with Crippen LogP contribution in [0.3, 0.4) is 0 Å². The lowest BCUT2D eigenvalue weighted by Gasteiger charge is -2.11. The molecule has 38 heavy (non-hydrogen) atoms. The first-order valence-corrected chi connectivity index (χ1v) is 12.9. The topological polar surface area (TPSA) is 107 Å². The molecule has 2 N–H and O–H groups in total. The van der Waals surface area contributed by atoms with Crippen LogP contribution < -0.4 is 14.2 Å². The van der Waals surface area contributed by atoms with Crippen LogP contribution in [-0.2, 0) is 11.4 Å². The van der Waals surface area contributed by atoms with Crippen LogP contribution in [0.1, 0.15) is 11.1 Å². The molecule has 0 saturated heterocycles. The molecule has 0 aliphatic heterocycles. The van der Waals surface area contributed by atoms with E-state index in [9.17, 15) is 9.90 Å². The summed E-state index contributed by atoms with van der Waals surface area (Å²) in [6.45, 7) is 0.184. The molecule has 0 radical (unpaired) electrons. The molecule has 0 amide bonds. The molecule has 0 fully saturated rings. The summed E-state index contributed by atoms with van der Waals surface area (Å²) in [7, 11) is 3.09. The number of halogens is 3. The van der Waals surface area contributed by atoms with E-state index in [-0.39, 0.29) is 16.7 Å². The summed E-state index contributed by atoms with van der Waals surface area (Å²) >= 11 is 19.1. The number of ether oxygens (including phenoxy) is 3. The Morgan fingerprint density at radius 1 is 1.00 bits per heavy atom. The molecule has 0 aliphatic carbocycles. The van der Waals surface area contributed by atoms with Gasteiger partial charge in [0, 0.05) is 22.2 Å². The van der Waals surface area contributed by atoms with Crippen LogP contribution in [0.5, 0.6) is 17.2 Å². The smallest absolute Gasteiger partial charge is 0.342 e. The summed E-state index contributed by atoms with van der Waals surface area (Å²) in [5.74, 6) is 0.831. The second kappa shape index (κ2) is 12.4. The predicted molar refractivity (Wildman–Crippen MR) is 149 cm³/mol. The van der Waals surface area contributed by atoms with Gasteiger partial charge in [0.25, 0.3) is 0 Å². The Bertz CT molecular complexity index is 1490. The van der Waals surface area contributed by atoms with Crippen molar-refractivity contribution in [1.82, 2.24) is 15.2 Å². The quantitative estimate of drug-likeness (QED) is 0.147. The number of thioether (sulfide) groups is 1. The van der Waals surface area contributed by atoms with E-state index in [2.05, 4.69) is 15.2 Å². The first-order chi connectivity index (χ1) is 18.2. The minimum atomic E-state index is -1.17. The van der Waals surface area contributed by atoms with E-state index in [4.69, 9.17) is 49.0 Å². The zero-order valence-electron chi connectivity index (χ0n) is 20.0. The van der Waals surface area contributed by atoms with Crippen molar-refractivity contribution >= 4 is 58.6 Å². The number of hydrogen-bond donors (Lipinski definition) is 2. The summed E-state index contributed by atoms with van der Waals surface area (Å²) in [4.78, 5) is 16.5. The van der Waals surface area contributed by atoms with Gasteiger partial charge in [0.05, 0.1) is 24.3 Å². The number of benzene rings is 3. The number of methoxy groups -OCH3 is 2. The lowest BCUT2D eigenvalue weighted by molar-refractivity contribution is -0.131. The van der Waals surface area contributed by atoms with Gasteiger partial charge in [0.15, 0.2) is 5.82 Å². The van der Waals surface area contributed by atoms with Gasteiger partial charge >= 0.3 is 5.97 Å². The summed E-state index contributed by atoms with van der Waals surface area (Å²) < 4.78 is 16.5. The fraction of sp³-hybridized carbons (Fsp3) is 0.115. The van der Waals surface area contributed by atoms with E-state index in [0.717, 1.165) is 17.3 Å². The van der Waals surface area contributed by atoms with Gasteiger partial charge in [-0.05, 0) is 65.9 Å². The maximum Gasteiger partial charge on any atom is 0.342 e. The Kier molecular flexibility index (Phi) is 9.06. The standard InChI is InChI=1S/C26H20Cl3N3O5S/c1-35-18-9-16(10-19(12-18)36-2)24-30-26(32-31-24)38-23(25(33)34)11-15-8-17(27)4-6-22(15)37-13-14-3-5-20(28)21(29)7-14/h3-12H,13H2,1-2H3,(H,33,34)(H,30,31,32)/b23-11-. The Morgan fingerprint density at radius 2 is 1.74 bits per heavy atom. The van der Waals surface area contributed by atoms with Crippen molar-refractivity contribution in [3.63, 3.8) is 0 Å². The number of nitrogens with zero attached hydrogens (tertiary/aromatic N) is 2. The average Bonchev–Trinajstić information content (AvgIpc) is 3.38. The van der Waals surface area contributed by atoms with E-state index in [1.807, 2.05) is 0 Å². The molecule has 1 heterocycles. The highest BCUT2D eigenvalue weighted by Crippen LogP contribution is 2.33. The summed E-state index contributed by atoms with van der Waals surface area (Å²) in [5, 5.41) is 18.3. The number of H-pyrrole nitrogens is 1. The normalized spacial score (nSPS) is 11.3. The summed E-state index contributed by atoms with van der Waals surface area (Å²) in [5.41, 5.74) is 1.92. The molecule has 4 aromatic rings. The van der Waals surface area contributed by atoms with Gasteiger partial charge in [-0.1, -0.05) is 40.9 Å². The highest BCUT2D eigenvalue weighted by atomic mass is 35.5. The third-order valence-electron chi connectivity index (χ3n) is 5.14. The van der Waals surface area contributed by atoms with Crippen molar-refractivity contribution in [3.8, 4) is 28.6 Å². The summed E-state index contributed by atoms with van der Waals surface area (Å²) in [6, 6.07) is 15.3. The minimum Gasteiger partial charge on any atom is -0.497 e. The summed E-state index contributed by atoms with van der Waals surface area (Å²) in [6.07, 6.45) is 1.45. The maximum atomic E-state index is 12.1. The molecule has 196 valence electrons. The van der Waals surface area contributed by atoms with Gasteiger partial charge in [0.2, 0.25) is 5.16 Å². The molecule has 0 atom stereocenters. The fourth-order valence-corrected chi connectivity index (χ4v) is 4.49. The van der Waals surface area contributed by atoms with E-state index < -0.39 is 5.97 Å². The lowest BCUT2D eigenvalue weighted by Crippen LogP contribution is -2.00. The van der Waals surface area contributed by atoms with Gasteiger partial charge in [-0.3, -0.25) is 5.10 Å². The Morgan fingerprint density at radius 3 is 2.39 bits per heavy atom. The molecule has 0 aliphatic rings. The van der Waals surface area contributed by atoms with Crippen molar-refractivity contribution in [1.29, 1.82) is 0 Å². The molecule has 12 heteroatoms. The number of aliphatic carboxylic acids is 1. The first-order valence-electron chi connectivity index (χ1n) is 10.9. The molecular weight excluding hydrogens is 573 g/mol. The van der Waals surface area contributed by atoms with Crippen molar-refractivity contribution in [2.75, 3.05) is 14.2 Å². The van der Waals surface area contributed by atoms with Gasteiger partial charge < -0.3 is 19.3 Å². The third-order valence-corrected chi connectivity index (χ3v) is 6.99. The minimum absolute atomic E-state index is 0.0413. The number of carboxylic acid groups (broad SMARTS) is 1. The van der Waals surface area contributed by atoms with Crippen molar-refractivity contribution in [2.45, 2.75) is 11.8 Å². The number of nitrogens with one attached hydrogen (secondary N) is 1. The van der Waals surface area contributed by atoms with Crippen LogP contribution in [0.2, 0.25) is 15.1 Å². The monoisotopic (exact) mass is 591 g/mol. The molecule has 0 spiro atoms. The zero-order chi connectivity index (χ0) is 27.2. The molecule has 8 nitrogen and oxygen atoms in total. The van der Waals surface area contributed by atoms with Gasteiger partial charge in [-0.15, -0.1) is 5.10 Å². The average molecular weight is 593 g/mol. The van der Waals surface area contributed by atoms with Crippen molar-refractivity contribution in [3.05, 3.63) is 85.7 Å². The number of aromatic amines is 1. The van der Waals surface area contributed by atoms with Gasteiger partial charge in [-0.25, -0.2) is 9.78 Å². The largest absolute Gasteiger partial charge is 0.497 e. The van der Waals surface area contributed by atoms with Crippen LogP contribution >= 0.6 is 46.6 Å². The number of hydrogen-bond acceptors (Lipinski definition) is 7. The number of carboxylic acids is 1. The highest BCUT2D eigenvalue weighted by molar-refractivity contribution is 8.04. The van der Waals surface area contributed by atoms with Crippen LogP contribution in [0.15, 0.2) is 64.7 Å². The molecule has 0 bridgehead atoms. The Balaban J connectivity index is 1.58. The molecule has 1 aromatic heterocycles. The number of carbonyl (C=O) groups is 1. The van der Waals surface area contributed by atoms with E-state index in [1.54, 1.807) is 68.8 Å². The highest BCUT2D eigenvalue weighted by Gasteiger charge is 2.17. The lowest BCUT2D eigenvalue weighted by atomic mass is 10.2. The number of aromatic nitrogens is 3. The van der Waals surface area contributed by atoms with Crippen molar-refractivity contribution < 1.29 is 24.1 Å². The second-order valence-corrected chi connectivity index (χ2v) is 9.96. The Hall–Kier alpha value is -3.37.